The maximum absolute atomic E-state index is 10.6. The van der Waals surface area contributed by atoms with Crippen molar-refractivity contribution in [3.05, 3.63) is 24.0 Å². The van der Waals surface area contributed by atoms with Gasteiger partial charge in [-0.2, -0.15) is 0 Å². The van der Waals surface area contributed by atoms with Gasteiger partial charge in [0.05, 0.1) is 5.56 Å². The van der Waals surface area contributed by atoms with Gasteiger partial charge in [0.2, 0.25) is 0 Å². The van der Waals surface area contributed by atoms with Gasteiger partial charge in [-0.15, -0.1) is 0 Å². The van der Waals surface area contributed by atoms with Gasteiger partial charge in [-0.3, -0.25) is 0 Å². The molecule has 0 radical (unpaired) electrons. The predicted octanol–water partition coefficient (Wildman–Crippen LogP) is 1.52. The van der Waals surface area contributed by atoms with Crippen LogP contribution in [0.15, 0.2) is 18.5 Å². The molecule has 9 heavy (non-hydrogen) atoms. The van der Waals surface area contributed by atoms with E-state index < -0.39 is 0 Å². The van der Waals surface area contributed by atoms with Gasteiger partial charge in [0.25, 0.3) is 0 Å². The molecule has 0 fully saturated rings. The molecule has 0 saturated heterocycles. The normalized spacial score (nSPS) is 9.00. The quantitative estimate of drug-likeness (QED) is 0.752. The van der Waals surface area contributed by atoms with E-state index in [1.54, 1.807) is 41.5 Å². The average Bonchev–Trinajstić information content (AvgIpc) is 2.37. The van der Waals surface area contributed by atoms with E-state index in [9.17, 15) is 4.79 Å². The van der Waals surface area contributed by atoms with Crippen molar-refractivity contribution in [1.29, 1.82) is 0 Å². The second kappa shape index (κ2) is 2.86. The van der Waals surface area contributed by atoms with Crippen molar-refractivity contribution in [2.75, 3.05) is 0 Å². The summed E-state index contributed by atoms with van der Waals surface area (Å²) >= 11 is 1.55. The van der Waals surface area contributed by atoms with Crippen molar-refractivity contribution in [2.24, 2.45) is 0 Å². The topological polar surface area (TPSA) is 42.1 Å². The molecule has 1 N–H and O–H groups in total. The van der Waals surface area contributed by atoms with E-state index in [-0.39, 0.29) is 5.97 Å². The summed E-state index contributed by atoms with van der Waals surface area (Å²) in [7, 11) is 0. The maximum atomic E-state index is 10.6. The van der Waals surface area contributed by atoms with Crippen LogP contribution in [0.1, 0.15) is 10.4 Å². The van der Waals surface area contributed by atoms with Crippen LogP contribution in [0.25, 0.3) is 0 Å². The summed E-state index contributed by atoms with van der Waals surface area (Å²) < 4.78 is 4.41. The van der Waals surface area contributed by atoms with Gasteiger partial charge >= 0.3 is 5.97 Å². The van der Waals surface area contributed by atoms with Crippen molar-refractivity contribution in [3.8, 4) is 0 Å². The standard InChI is InChI=1S/C5H4INO2/c6-9-5(8)4-1-2-7-3-4/h1-3,7H. The molecule has 0 aromatic carbocycles. The summed E-state index contributed by atoms with van der Waals surface area (Å²) in [5, 5.41) is 0. The first kappa shape index (κ1) is 6.60. The van der Waals surface area contributed by atoms with E-state index in [4.69, 9.17) is 0 Å². The molecule has 0 atom stereocenters. The Morgan fingerprint density at radius 1 is 1.78 bits per heavy atom. The minimum absolute atomic E-state index is 0.322. The monoisotopic (exact) mass is 237 g/mol. The van der Waals surface area contributed by atoms with Crippen LogP contribution < -0.4 is 0 Å². The lowest BCUT2D eigenvalue weighted by Gasteiger charge is -1.87. The Hall–Kier alpha value is -0.520. The number of aromatic amines is 1. The van der Waals surface area contributed by atoms with Crippen LogP contribution in [0.5, 0.6) is 0 Å². The van der Waals surface area contributed by atoms with Crippen molar-refractivity contribution in [3.63, 3.8) is 0 Å². The Balaban J connectivity index is 2.77. The molecule has 0 bridgehead atoms. The Labute approximate surface area is 66.1 Å². The molecule has 4 heteroatoms. The molecule has 48 valence electrons. The lowest BCUT2D eigenvalue weighted by Crippen LogP contribution is -1.93. The number of nitrogens with one attached hydrogen (secondary N) is 1. The molecule has 1 rings (SSSR count). The van der Waals surface area contributed by atoms with Crippen LogP contribution in [0.4, 0.5) is 0 Å². The average molecular weight is 237 g/mol. The van der Waals surface area contributed by atoms with Gasteiger partial charge in [0.15, 0.2) is 23.0 Å². The van der Waals surface area contributed by atoms with E-state index in [1.165, 1.54) is 0 Å². The minimum atomic E-state index is -0.322. The highest BCUT2D eigenvalue weighted by atomic mass is 127. The van der Waals surface area contributed by atoms with Gasteiger partial charge in [-0.05, 0) is 6.07 Å². The van der Waals surface area contributed by atoms with Gasteiger partial charge in [0.1, 0.15) is 0 Å². The summed E-state index contributed by atoms with van der Waals surface area (Å²) in [6.07, 6.45) is 3.25. The Kier molecular flexibility index (Phi) is 2.10. The number of hydrogen-bond donors (Lipinski definition) is 1. The third-order valence-corrected chi connectivity index (χ3v) is 1.30. The molecule has 0 saturated carbocycles. The minimum Gasteiger partial charge on any atom is -0.391 e. The lowest BCUT2D eigenvalue weighted by molar-refractivity contribution is 0.0800. The fraction of sp³-hybridized carbons (Fsp3) is 0. The third kappa shape index (κ3) is 1.44. The summed E-state index contributed by atoms with van der Waals surface area (Å²) in [6.45, 7) is 0. The zero-order chi connectivity index (χ0) is 6.69. The Morgan fingerprint density at radius 2 is 2.56 bits per heavy atom. The number of halogens is 1. The van der Waals surface area contributed by atoms with Gasteiger partial charge in [-0.25, -0.2) is 4.79 Å². The molecule has 0 spiro atoms. The summed E-state index contributed by atoms with van der Waals surface area (Å²) in [5.41, 5.74) is 0.546. The predicted molar refractivity (Wildman–Crippen MR) is 40.2 cm³/mol. The van der Waals surface area contributed by atoms with Crippen molar-refractivity contribution in [1.82, 2.24) is 4.98 Å². The third-order valence-electron chi connectivity index (χ3n) is 0.904. The van der Waals surface area contributed by atoms with Crippen LogP contribution in [-0.2, 0) is 3.07 Å². The largest absolute Gasteiger partial charge is 0.391 e. The van der Waals surface area contributed by atoms with E-state index in [0.29, 0.717) is 5.56 Å². The van der Waals surface area contributed by atoms with Crippen LogP contribution >= 0.6 is 23.0 Å². The zero-order valence-electron chi connectivity index (χ0n) is 4.43. The van der Waals surface area contributed by atoms with Crippen LogP contribution in [-0.4, -0.2) is 11.0 Å². The highest BCUT2D eigenvalue weighted by molar-refractivity contribution is 14.1. The number of rotatable bonds is 1. The van der Waals surface area contributed by atoms with Crippen molar-refractivity contribution >= 4 is 29.0 Å². The smallest absolute Gasteiger partial charge is 0.349 e. The van der Waals surface area contributed by atoms with Crippen LogP contribution in [0, 0.1) is 0 Å². The molecule has 1 heterocycles. The van der Waals surface area contributed by atoms with Crippen LogP contribution in [0.3, 0.4) is 0 Å². The van der Waals surface area contributed by atoms with Gasteiger partial charge in [-0.1, -0.05) is 0 Å². The van der Waals surface area contributed by atoms with Gasteiger partial charge < -0.3 is 8.05 Å². The number of hydrogen-bond acceptors (Lipinski definition) is 2. The lowest BCUT2D eigenvalue weighted by atomic mass is 10.4. The summed E-state index contributed by atoms with van der Waals surface area (Å²) in [4.78, 5) is 13.4. The molecular formula is C5H4INO2. The van der Waals surface area contributed by atoms with Crippen molar-refractivity contribution < 1.29 is 7.86 Å². The van der Waals surface area contributed by atoms with Gasteiger partial charge in [0, 0.05) is 12.4 Å². The number of H-pyrrole nitrogens is 1. The Bertz CT molecular complexity index is 195. The van der Waals surface area contributed by atoms with E-state index >= 15 is 0 Å². The van der Waals surface area contributed by atoms with Crippen molar-refractivity contribution in [2.45, 2.75) is 0 Å². The molecule has 0 amide bonds. The summed E-state index contributed by atoms with van der Waals surface area (Å²) in [6, 6.07) is 1.65. The van der Waals surface area contributed by atoms with E-state index in [2.05, 4.69) is 8.05 Å². The van der Waals surface area contributed by atoms with E-state index in [0.717, 1.165) is 0 Å². The molecule has 0 aliphatic rings. The highest BCUT2D eigenvalue weighted by Gasteiger charge is 2.03. The molecule has 0 aliphatic heterocycles. The Morgan fingerprint density at radius 3 is 3.00 bits per heavy atom. The highest BCUT2D eigenvalue weighted by Crippen LogP contribution is 2.01. The molecule has 3 nitrogen and oxygen atoms in total. The number of carbonyl (C=O) groups is 1. The first-order valence-electron chi connectivity index (χ1n) is 2.30. The second-order valence-electron chi connectivity index (χ2n) is 1.46. The fourth-order valence-electron chi connectivity index (χ4n) is 0.495. The molecule has 1 aromatic heterocycles. The molecule has 0 unspecified atom stereocenters. The number of aromatic nitrogens is 1. The molecular weight excluding hydrogens is 233 g/mol. The zero-order valence-corrected chi connectivity index (χ0v) is 6.58. The fourth-order valence-corrected chi connectivity index (χ4v) is 0.750. The molecule has 1 aromatic rings. The summed E-state index contributed by atoms with van der Waals surface area (Å²) in [5.74, 6) is -0.322. The van der Waals surface area contributed by atoms with Crippen LogP contribution in [0.2, 0.25) is 0 Å². The maximum Gasteiger partial charge on any atom is 0.349 e. The first-order valence-corrected chi connectivity index (χ1v) is 3.18. The second-order valence-corrected chi connectivity index (χ2v) is 1.90. The van der Waals surface area contributed by atoms with E-state index in [1.807, 2.05) is 0 Å². The number of carbonyl (C=O) groups excluding carboxylic acids is 1. The first-order chi connectivity index (χ1) is 4.34. The molecule has 0 aliphatic carbocycles. The SMILES string of the molecule is O=C(OI)c1cc[nH]c1.